The fourth-order valence-corrected chi connectivity index (χ4v) is 3.21. The molecule has 3 aromatic rings. The van der Waals surface area contributed by atoms with Crippen molar-refractivity contribution in [2.45, 2.75) is 6.92 Å². The Morgan fingerprint density at radius 1 is 1.00 bits per heavy atom. The summed E-state index contributed by atoms with van der Waals surface area (Å²) in [4.78, 5) is 26.6. The first-order chi connectivity index (χ1) is 13.9. The normalized spacial score (nSPS) is 15.7. The van der Waals surface area contributed by atoms with Gasteiger partial charge in [-0.05, 0) is 73.7 Å². The molecule has 4 rings (SSSR count). The van der Waals surface area contributed by atoms with Crippen LogP contribution in [0.5, 0.6) is 0 Å². The Hall–Kier alpha value is -3.58. The number of benzene rings is 2. The largest absolute Gasteiger partial charge is 0.457 e. The average molecular weight is 406 g/mol. The Kier molecular flexibility index (Phi) is 4.82. The standard InChI is InChI=1S/C22H15FN2O3S/c1-13-2-8-16(9-3-13)25-21(27)18(20(26)24-22(25)29)12-17-10-11-19(28-17)14-4-6-15(23)7-5-14/h2-12H,1H3,(H,24,26,29). The maximum Gasteiger partial charge on any atom is 0.270 e. The molecule has 0 atom stereocenters. The van der Waals surface area contributed by atoms with E-state index in [9.17, 15) is 14.0 Å². The molecule has 0 bridgehead atoms. The quantitative estimate of drug-likeness (QED) is 0.402. The number of rotatable bonds is 3. The maximum atomic E-state index is 13.1. The van der Waals surface area contributed by atoms with Crippen molar-refractivity contribution in [1.82, 2.24) is 5.32 Å². The van der Waals surface area contributed by atoms with E-state index in [0.29, 0.717) is 22.8 Å². The summed E-state index contributed by atoms with van der Waals surface area (Å²) in [7, 11) is 0. The van der Waals surface area contributed by atoms with Crippen molar-refractivity contribution in [2.75, 3.05) is 4.90 Å². The molecule has 0 aliphatic carbocycles. The molecule has 29 heavy (non-hydrogen) atoms. The summed E-state index contributed by atoms with van der Waals surface area (Å²) in [5.41, 5.74) is 2.17. The van der Waals surface area contributed by atoms with E-state index < -0.39 is 11.8 Å². The third-order valence-electron chi connectivity index (χ3n) is 4.44. The van der Waals surface area contributed by atoms with E-state index in [1.165, 1.54) is 23.1 Å². The van der Waals surface area contributed by atoms with E-state index in [1.54, 1.807) is 36.4 Å². The molecular formula is C22H15FN2O3S. The molecule has 0 saturated carbocycles. The summed E-state index contributed by atoms with van der Waals surface area (Å²) in [6.45, 7) is 1.93. The van der Waals surface area contributed by atoms with Crippen molar-refractivity contribution in [2.24, 2.45) is 0 Å². The number of hydrogen-bond donors (Lipinski definition) is 1. The zero-order valence-corrected chi connectivity index (χ0v) is 16.1. The van der Waals surface area contributed by atoms with Crippen molar-refractivity contribution < 1.29 is 18.4 Å². The highest BCUT2D eigenvalue weighted by Gasteiger charge is 2.34. The molecule has 1 aliphatic heterocycles. The van der Waals surface area contributed by atoms with Crippen molar-refractivity contribution >= 4 is 40.9 Å². The minimum atomic E-state index is -0.594. The van der Waals surface area contributed by atoms with E-state index in [0.717, 1.165) is 5.56 Å². The number of aryl methyl sites for hydroxylation is 1. The first kappa shape index (κ1) is 18.8. The third-order valence-corrected chi connectivity index (χ3v) is 4.72. The van der Waals surface area contributed by atoms with Crippen LogP contribution in [-0.2, 0) is 9.59 Å². The van der Waals surface area contributed by atoms with Gasteiger partial charge in [-0.2, -0.15) is 0 Å². The minimum Gasteiger partial charge on any atom is -0.457 e. The molecule has 2 amide bonds. The van der Waals surface area contributed by atoms with Crippen molar-refractivity contribution in [3.8, 4) is 11.3 Å². The van der Waals surface area contributed by atoms with Gasteiger partial charge in [0, 0.05) is 5.56 Å². The Balaban J connectivity index is 1.66. The Morgan fingerprint density at radius 2 is 1.69 bits per heavy atom. The highest BCUT2D eigenvalue weighted by molar-refractivity contribution is 7.80. The van der Waals surface area contributed by atoms with Gasteiger partial charge in [-0.1, -0.05) is 17.7 Å². The zero-order valence-electron chi connectivity index (χ0n) is 15.3. The van der Waals surface area contributed by atoms with Crippen LogP contribution in [0.1, 0.15) is 11.3 Å². The van der Waals surface area contributed by atoms with Crippen molar-refractivity contribution in [1.29, 1.82) is 0 Å². The number of carbonyl (C=O) groups excluding carboxylic acids is 2. The lowest BCUT2D eigenvalue weighted by Crippen LogP contribution is -2.54. The SMILES string of the molecule is Cc1ccc(N2C(=O)C(=Cc3ccc(-c4ccc(F)cc4)o3)C(=O)NC2=S)cc1. The number of anilines is 1. The van der Waals surface area contributed by atoms with Crippen LogP contribution in [0.2, 0.25) is 0 Å². The van der Waals surface area contributed by atoms with Gasteiger partial charge in [0.25, 0.3) is 11.8 Å². The second-order valence-corrected chi connectivity index (χ2v) is 6.89. The smallest absolute Gasteiger partial charge is 0.270 e. The minimum absolute atomic E-state index is 0.0208. The number of hydrogen-bond acceptors (Lipinski definition) is 4. The van der Waals surface area contributed by atoms with E-state index >= 15 is 0 Å². The third kappa shape index (κ3) is 3.72. The van der Waals surface area contributed by atoms with Crippen LogP contribution in [0, 0.1) is 12.7 Å². The lowest BCUT2D eigenvalue weighted by molar-refractivity contribution is -0.122. The monoisotopic (exact) mass is 406 g/mol. The van der Waals surface area contributed by atoms with Crippen LogP contribution in [0.4, 0.5) is 10.1 Å². The second kappa shape index (κ2) is 7.44. The zero-order chi connectivity index (χ0) is 20.5. The Labute approximate surface area is 171 Å². The summed E-state index contributed by atoms with van der Waals surface area (Å²) in [5, 5.41) is 2.55. The molecule has 0 radical (unpaired) electrons. The number of nitrogens with one attached hydrogen (secondary N) is 1. The molecule has 7 heteroatoms. The van der Waals surface area contributed by atoms with E-state index in [1.807, 2.05) is 19.1 Å². The lowest BCUT2D eigenvalue weighted by atomic mass is 10.1. The van der Waals surface area contributed by atoms with Gasteiger partial charge in [0.15, 0.2) is 5.11 Å². The van der Waals surface area contributed by atoms with Crippen LogP contribution in [-0.4, -0.2) is 16.9 Å². The van der Waals surface area contributed by atoms with Crippen LogP contribution in [0.25, 0.3) is 17.4 Å². The molecule has 5 nitrogen and oxygen atoms in total. The summed E-state index contributed by atoms with van der Waals surface area (Å²) in [5.74, 6) is -0.671. The molecule has 1 aromatic heterocycles. The number of thiocarbonyl (C=S) groups is 1. The molecule has 1 saturated heterocycles. The van der Waals surface area contributed by atoms with Crippen LogP contribution in [0.3, 0.4) is 0 Å². The van der Waals surface area contributed by atoms with Gasteiger partial charge in [0.1, 0.15) is 22.9 Å². The molecular weight excluding hydrogens is 391 g/mol. The highest BCUT2D eigenvalue weighted by atomic mass is 32.1. The molecule has 2 aromatic carbocycles. The first-order valence-electron chi connectivity index (χ1n) is 8.76. The maximum absolute atomic E-state index is 13.1. The van der Waals surface area contributed by atoms with Crippen LogP contribution >= 0.6 is 12.2 Å². The second-order valence-electron chi connectivity index (χ2n) is 6.50. The van der Waals surface area contributed by atoms with E-state index in [4.69, 9.17) is 16.6 Å². The summed E-state index contributed by atoms with van der Waals surface area (Å²) in [6.07, 6.45) is 1.37. The van der Waals surface area contributed by atoms with Gasteiger partial charge < -0.3 is 4.42 Å². The number of amides is 2. The molecule has 1 N–H and O–H groups in total. The van der Waals surface area contributed by atoms with Gasteiger partial charge in [-0.3, -0.25) is 19.8 Å². The number of carbonyl (C=O) groups is 2. The lowest BCUT2D eigenvalue weighted by Gasteiger charge is -2.28. The molecule has 2 heterocycles. The number of nitrogens with zero attached hydrogens (tertiary/aromatic N) is 1. The molecule has 0 unspecified atom stereocenters. The van der Waals surface area contributed by atoms with Crippen molar-refractivity contribution in [3.05, 3.63) is 83.4 Å². The van der Waals surface area contributed by atoms with E-state index in [2.05, 4.69) is 5.32 Å². The predicted octanol–water partition coefficient (Wildman–Crippen LogP) is 4.23. The Bertz CT molecular complexity index is 1150. The van der Waals surface area contributed by atoms with Crippen LogP contribution < -0.4 is 10.2 Å². The summed E-state index contributed by atoms with van der Waals surface area (Å²) >= 11 is 5.18. The molecule has 1 fully saturated rings. The topological polar surface area (TPSA) is 62.6 Å². The molecule has 0 spiro atoms. The van der Waals surface area contributed by atoms with Crippen LogP contribution in [0.15, 0.2) is 70.7 Å². The van der Waals surface area contributed by atoms with Gasteiger partial charge in [0.2, 0.25) is 0 Å². The van der Waals surface area contributed by atoms with Gasteiger partial charge in [-0.15, -0.1) is 0 Å². The highest BCUT2D eigenvalue weighted by Crippen LogP contribution is 2.26. The molecule has 1 aliphatic rings. The first-order valence-corrected chi connectivity index (χ1v) is 9.17. The fraction of sp³-hybridized carbons (Fsp3) is 0.0455. The fourth-order valence-electron chi connectivity index (χ4n) is 2.93. The van der Waals surface area contributed by atoms with E-state index in [-0.39, 0.29) is 16.5 Å². The predicted molar refractivity (Wildman–Crippen MR) is 111 cm³/mol. The van der Waals surface area contributed by atoms with Gasteiger partial charge >= 0.3 is 0 Å². The molecule has 144 valence electrons. The van der Waals surface area contributed by atoms with Gasteiger partial charge in [-0.25, -0.2) is 4.39 Å². The van der Waals surface area contributed by atoms with Gasteiger partial charge in [0.05, 0.1) is 5.69 Å². The average Bonchev–Trinajstić information content (AvgIpc) is 3.16. The van der Waals surface area contributed by atoms with Crippen molar-refractivity contribution in [3.63, 3.8) is 0 Å². The number of halogens is 1. The summed E-state index contributed by atoms with van der Waals surface area (Å²) < 4.78 is 18.8. The summed E-state index contributed by atoms with van der Waals surface area (Å²) in [6, 6.07) is 16.4. The Morgan fingerprint density at radius 3 is 2.38 bits per heavy atom. The number of furan rings is 1.